The number of benzene rings is 1. The maximum Gasteiger partial charge on any atom is 0.347 e. The largest absolute Gasteiger partial charge is 0.476 e. The van der Waals surface area contributed by atoms with Crippen LogP contribution in [0.4, 0.5) is 5.69 Å². The second-order valence-corrected chi connectivity index (χ2v) is 4.41. The average Bonchev–Trinajstić information content (AvgIpc) is 2.46. The van der Waals surface area contributed by atoms with Gasteiger partial charge in [-0.2, -0.15) is 0 Å². The summed E-state index contributed by atoms with van der Waals surface area (Å²) in [6.45, 7) is 0. The first-order valence-corrected chi connectivity index (χ1v) is 6.41. The second kappa shape index (κ2) is 5.93. The van der Waals surface area contributed by atoms with Crippen LogP contribution in [0.2, 0.25) is 0 Å². The lowest BCUT2D eigenvalue weighted by atomic mass is 10.0. The molecule has 1 heterocycles. The number of methoxy groups -OCH3 is 1. The molecular weight excluding hydrogens is 270 g/mol. The van der Waals surface area contributed by atoms with E-state index in [1.165, 1.54) is 7.11 Å². The maximum atomic E-state index is 11.5. The minimum absolute atomic E-state index is 0.135. The lowest BCUT2D eigenvalue weighted by Gasteiger charge is -2.26. The highest BCUT2D eigenvalue weighted by molar-refractivity contribution is 6.29. The number of rotatable bonds is 3. The van der Waals surface area contributed by atoms with Crippen molar-refractivity contribution < 1.29 is 19.1 Å². The molecule has 0 bridgehead atoms. The Morgan fingerprint density at radius 2 is 2.32 bits per heavy atom. The lowest BCUT2D eigenvalue weighted by Crippen LogP contribution is -2.32. The molecule has 0 aliphatic carbocycles. The SMILES string of the molecule is COC(=O)C1CCc2cccc(NC(=O)CCl)c2O1. The van der Waals surface area contributed by atoms with Gasteiger partial charge >= 0.3 is 5.97 Å². The van der Waals surface area contributed by atoms with Gasteiger partial charge in [0.05, 0.1) is 12.8 Å². The highest BCUT2D eigenvalue weighted by Gasteiger charge is 2.28. The van der Waals surface area contributed by atoms with E-state index < -0.39 is 12.1 Å². The van der Waals surface area contributed by atoms with Gasteiger partial charge in [-0.1, -0.05) is 12.1 Å². The zero-order valence-electron chi connectivity index (χ0n) is 10.4. The molecule has 0 radical (unpaired) electrons. The van der Waals surface area contributed by atoms with Gasteiger partial charge in [-0.3, -0.25) is 4.79 Å². The minimum Gasteiger partial charge on any atom is -0.476 e. The average molecular weight is 284 g/mol. The molecule has 1 N–H and O–H groups in total. The molecule has 1 aliphatic rings. The van der Waals surface area contributed by atoms with Crippen molar-refractivity contribution in [2.45, 2.75) is 18.9 Å². The van der Waals surface area contributed by atoms with Gasteiger partial charge in [0.1, 0.15) is 11.6 Å². The van der Waals surface area contributed by atoms with E-state index in [1.54, 1.807) is 6.07 Å². The van der Waals surface area contributed by atoms with Crippen molar-refractivity contribution in [3.63, 3.8) is 0 Å². The van der Waals surface area contributed by atoms with Gasteiger partial charge in [0.15, 0.2) is 6.10 Å². The molecule has 0 saturated heterocycles. The predicted molar refractivity (Wildman–Crippen MR) is 70.5 cm³/mol. The van der Waals surface area contributed by atoms with Crippen molar-refractivity contribution in [1.29, 1.82) is 0 Å². The molecule has 0 aromatic heterocycles. The molecule has 19 heavy (non-hydrogen) atoms. The Kier molecular flexibility index (Phi) is 4.27. The molecule has 1 amide bonds. The molecule has 0 saturated carbocycles. The summed E-state index contributed by atoms with van der Waals surface area (Å²) in [5.41, 5.74) is 1.48. The fourth-order valence-electron chi connectivity index (χ4n) is 1.99. The third-order valence-electron chi connectivity index (χ3n) is 2.89. The van der Waals surface area contributed by atoms with Crippen LogP contribution in [0.1, 0.15) is 12.0 Å². The Balaban J connectivity index is 2.25. The molecule has 102 valence electrons. The molecule has 5 nitrogen and oxygen atoms in total. The van der Waals surface area contributed by atoms with Crippen molar-refractivity contribution in [2.24, 2.45) is 0 Å². The van der Waals surface area contributed by atoms with E-state index >= 15 is 0 Å². The summed E-state index contributed by atoms with van der Waals surface area (Å²) in [6.07, 6.45) is 0.623. The van der Waals surface area contributed by atoms with Crippen LogP contribution in [-0.4, -0.2) is 31.0 Å². The van der Waals surface area contributed by atoms with Crippen LogP contribution in [0.25, 0.3) is 0 Å². The molecule has 6 heteroatoms. The summed E-state index contributed by atoms with van der Waals surface area (Å²) >= 11 is 5.46. The summed E-state index contributed by atoms with van der Waals surface area (Å²) < 4.78 is 10.3. The van der Waals surface area contributed by atoms with E-state index in [4.69, 9.17) is 16.3 Å². The molecule has 1 atom stereocenters. The summed E-state index contributed by atoms with van der Waals surface area (Å²) in [5, 5.41) is 2.65. The highest BCUT2D eigenvalue weighted by Crippen LogP contribution is 2.35. The number of carbonyl (C=O) groups excluding carboxylic acids is 2. The lowest BCUT2D eigenvalue weighted by molar-refractivity contribution is -0.149. The Morgan fingerprint density at radius 3 is 3.00 bits per heavy atom. The molecule has 0 fully saturated rings. The van der Waals surface area contributed by atoms with Crippen LogP contribution in [-0.2, 0) is 20.7 Å². The number of anilines is 1. The van der Waals surface area contributed by atoms with Gasteiger partial charge in [-0.05, 0) is 24.5 Å². The van der Waals surface area contributed by atoms with Crippen LogP contribution in [0.15, 0.2) is 18.2 Å². The maximum absolute atomic E-state index is 11.5. The summed E-state index contributed by atoms with van der Waals surface area (Å²) in [6, 6.07) is 5.44. The number of carbonyl (C=O) groups is 2. The van der Waals surface area contributed by atoms with E-state index in [2.05, 4.69) is 10.1 Å². The smallest absolute Gasteiger partial charge is 0.347 e. The van der Waals surface area contributed by atoms with Crippen molar-refractivity contribution in [2.75, 3.05) is 18.3 Å². The van der Waals surface area contributed by atoms with E-state index in [0.29, 0.717) is 24.3 Å². The number of fused-ring (bicyclic) bond motifs is 1. The first-order chi connectivity index (χ1) is 9.15. The molecule has 1 aliphatic heterocycles. The second-order valence-electron chi connectivity index (χ2n) is 4.14. The minimum atomic E-state index is -0.633. The first-order valence-electron chi connectivity index (χ1n) is 5.88. The molecule has 1 unspecified atom stereocenters. The van der Waals surface area contributed by atoms with Crippen LogP contribution < -0.4 is 10.1 Å². The molecule has 0 spiro atoms. The van der Waals surface area contributed by atoms with Gasteiger partial charge in [0, 0.05) is 0 Å². The van der Waals surface area contributed by atoms with E-state index in [-0.39, 0.29) is 11.8 Å². The van der Waals surface area contributed by atoms with Gasteiger partial charge < -0.3 is 14.8 Å². The van der Waals surface area contributed by atoms with Crippen molar-refractivity contribution in [1.82, 2.24) is 0 Å². The van der Waals surface area contributed by atoms with Crippen molar-refractivity contribution in [3.05, 3.63) is 23.8 Å². The number of hydrogen-bond donors (Lipinski definition) is 1. The number of ether oxygens (including phenoxy) is 2. The fourth-order valence-corrected chi connectivity index (χ4v) is 2.05. The van der Waals surface area contributed by atoms with Crippen LogP contribution in [0, 0.1) is 0 Å². The quantitative estimate of drug-likeness (QED) is 0.678. The standard InChI is InChI=1S/C13H14ClNO4/c1-18-13(17)10-6-5-8-3-2-4-9(12(8)19-10)15-11(16)7-14/h2-4,10H,5-7H2,1H3,(H,15,16). The van der Waals surface area contributed by atoms with E-state index in [1.807, 2.05) is 12.1 Å². The summed E-state index contributed by atoms with van der Waals surface area (Å²) in [7, 11) is 1.32. The number of hydrogen-bond acceptors (Lipinski definition) is 4. The predicted octanol–water partition coefficient (Wildman–Crippen LogP) is 1.73. The normalized spacial score (nSPS) is 17.1. The summed E-state index contributed by atoms with van der Waals surface area (Å²) in [4.78, 5) is 22.9. The first kappa shape index (κ1) is 13.7. The molecule has 2 rings (SSSR count). The monoisotopic (exact) mass is 283 g/mol. The number of nitrogens with one attached hydrogen (secondary N) is 1. The Bertz CT molecular complexity index is 503. The third-order valence-corrected chi connectivity index (χ3v) is 3.13. The van der Waals surface area contributed by atoms with Crippen molar-refractivity contribution in [3.8, 4) is 5.75 Å². The van der Waals surface area contributed by atoms with Gasteiger partial charge in [-0.15, -0.1) is 11.6 Å². The number of esters is 1. The zero-order valence-corrected chi connectivity index (χ0v) is 11.2. The fraction of sp³-hybridized carbons (Fsp3) is 0.385. The van der Waals surface area contributed by atoms with E-state index in [9.17, 15) is 9.59 Å². The van der Waals surface area contributed by atoms with Gasteiger partial charge in [0.2, 0.25) is 5.91 Å². The van der Waals surface area contributed by atoms with Crippen LogP contribution >= 0.6 is 11.6 Å². The van der Waals surface area contributed by atoms with Gasteiger partial charge in [-0.25, -0.2) is 4.79 Å². The zero-order chi connectivity index (χ0) is 13.8. The third kappa shape index (κ3) is 2.98. The topological polar surface area (TPSA) is 64.6 Å². The molecular formula is C13H14ClNO4. The van der Waals surface area contributed by atoms with E-state index in [0.717, 1.165) is 5.56 Å². The molecule has 1 aromatic carbocycles. The van der Waals surface area contributed by atoms with Crippen LogP contribution in [0.3, 0.4) is 0 Å². The summed E-state index contributed by atoms with van der Waals surface area (Å²) in [5.74, 6) is -0.352. The number of aryl methyl sites for hydroxylation is 1. The Hall–Kier alpha value is -1.75. The van der Waals surface area contributed by atoms with Gasteiger partial charge in [0.25, 0.3) is 0 Å². The number of amides is 1. The number of halogens is 1. The van der Waals surface area contributed by atoms with Crippen LogP contribution in [0.5, 0.6) is 5.75 Å². The highest BCUT2D eigenvalue weighted by atomic mass is 35.5. The Morgan fingerprint density at radius 1 is 1.53 bits per heavy atom. The number of alkyl halides is 1. The molecule has 1 aromatic rings. The Labute approximate surface area is 115 Å². The number of para-hydroxylation sites is 1. The van der Waals surface area contributed by atoms with Crippen molar-refractivity contribution >= 4 is 29.2 Å².